The summed E-state index contributed by atoms with van der Waals surface area (Å²) in [4.78, 5) is 0. The first-order valence-electron chi connectivity index (χ1n) is 11.8. The number of unbranched alkanes of at least 4 members (excludes halogenated alkanes) is 14. The molecule has 0 aromatic rings. The van der Waals surface area contributed by atoms with Gasteiger partial charge in [-0.2, -0.15) is 8.42 Å². The van der Waals surface area contributed by atoms with Gasteiger partial charge in [-0.1, -0.05) is 104 Å². The summed E-state index contributed by atoms with van der Waals surface area (Å²) in [6, 6.07) is 0. The Morgan fingerprint density at radius 1 is 0.581 bits per heavy atom. The fraction of sp³-hybridized carbons (Fsp3) is 1.00. The Hall–Kier alpha value is 0.750. The zero-order chi connectivity index (χ0) is 23.3. The number of aliphatic hydroxyl groups is 2. The molecular formula is C22H51NaO7S. The minimum atomic E-state index is -4.67. The molecule has 0 atom stereocenters. The molecule has 4 N–H and O–H groups in total. The number of rotatable bonds is 19. The molecule has 0 aromatic carbocycles. The Kier molecular flexibility index (Phi) is 44.4. The topological polar surface area (TPSA) is 124 Å². The van der Waals surface area contributed by atoms with E-state index in [0.29, 0.717) is 0 Å². The van der Waals surface area contributed by atoms with Crippen LogP contribution in [-0.4, -0.2) is 54.2 Å². The predicted octanol–water partition coefficient (Wildman–Crippen LogP) is 2.72. The van der Waals surface area contributed by atoms with Crippen LogP contribution >= 0.6 is 0 Å². The second-order valence-electron chi connectivity index (χ2n) is 7.46. The van der Waals surface area contributed by atoms with Gasteiger partial charge in [0.1, 0.15) is 0 Å². The third-order valence-electron chi connectivity index (χ3n) is 4.38. The van der Waals surface area contributed by atoms with E-state index < -0.39 is 10.4 Å². The average Bonchev–Trinajstić information content (AvgIpc) is 2.69. The van der Waals surface area contributed by atoms with E-state index in [9.17, 15) is 0 Å². The fourth-order valence-corrected chi connectivity index (χ4v) is 2.78. The Morgan fingerprint density at radius 3 is 1.03 bits per heavy atom. The molecule has 0 rings (SSSR count). The Balaban J connectivity index is -0.000000187. The zero-order valence-corrected chi connectivity index (χ0v) is 23.4. The van der Waals surface area contributed by atoms with Gasteiger partial charge in [-0.25, -0.2) is 0 Å². The number of aliphatic hydroxyl groups excluding tert-OH is 2. The second-order valence-corrected chi connectivity index (χ2v) is 8.35. The quantitative estimate of drug-likeness (QED) is 0.127. The first kappa shape index (κ1) is 39.0. The van der Waals surface area contributed by atoms with Crippen LogP contribution in [0.4, 0.5) is 0 Å². The predicted molar refractivity (Wildman–Crippen MR) is 126 cm³/mol. The summed E-state index contributed by atoms with van der Waals surface area (Å²) in [6.45, 7) is 6.30. The standard InChI is InChI=1S/C20H42O.C2H6O2.Na.H2O4S.H/c1-3-5-7-9-11-13-15-17-19-21-20-18-16-14-12-10-8-6-4-2;3-1-2-4;;1-5(2,3)4;/h3-20H2,1-2H3;3-4H,1-2H2;;(H2,1,2,3,4);/q;;+1;;-1. The number of ether oxygens (including phenoxy) is 1. The van der Waals surface area contributed by atoms with E-state index in [4.69, 9.17) is 32.5 Å². The summed E-state index contributed by atoms with van der Waals surface area (Å²) in [5.74, 6) is 0. The van der Waals surface area contributed by atoms with Crippen molar-refractivity contribution in [3.8, 4) is 0 Å². The van der Waals surface area contributed by atoms with Crippen molar-refractivity contribution in [2.24, 2.45) is 0 Å². The summed E-state index contributed by atoms with van der Waals surface area (Å²) in [6.07, 6.45) is 22.2. The van der Waals surface area contributed by atoms with Gasteiger partial charge >= 0.3 is 40.0 Å². The Morgan fingerprint density at radius 2 is 0.806 bits per heavy atom. The summed E-state index contributed by atoms with van der Waals surface area (Å²) >= 11 is 0. The van der Waals surface area contributed by atoms with Crippen molar-refractivity contribution in [3.05, 3.63) is 0 Å². The molecule has 0 fully saturated rings. The number of hydrogen-bond donors (Lipinski definition) is 4. The Bertz CT molecular complexity index is 360. The van der Waals surface area contributed by atoms with Crippen molar-refractivity contribution >= 4 is 10.4 Å². The van der Waals surface area contributed by atoms with Crippen molar-refractivity contribution in [2.45, 2.75) is 117 Å². The maximum atomic E-state index is 8.74. The molecule has 0 heterocycles. The van der Waals surface area contributed by atoms with Gasteiger partial charge in [0.05, 0.1) is 13.2 Å². The molecule has 0 aromatic heterocycles. The average molecular weight is 483 g/mol. The molecule has 0 aliphatic heterocycles. The van der Waals surface area contributed by atoms with Crippen LogP contribution in [-0.2, 0) is 15.1 Å². The van der Waals surface area contributed by atoms with Gasteiger partial charge < -0.3 is 16.4 Å². The molecular weight excluding hydrogens is 431 g/mol. The van der Waals surface area contributed by atoms with Gasteiger partial charge in [-0.15, -0.1) is 0 Å². The maximum absolute atomic E-state index is 8.74. The maximum Gasteiger partial charge on any atom is 1.00 e. The SMILES string of the molecule is CCCCCCCCCCOCCCCCCCCCC.O=S(=O)(O)O.OCCO.[H-].[Na+]. The van der Waals surface area contributed by atoms with E-state index in [0.717, 1.165) is 13.2 Å². The van der Waals surface area contributed by atoms with Crippen molar-refractivity contribution in [1.29, 1.82) is 0 Å². The van der Waals surface area contributed by atoms with E-state index in [2.05, 4.69) is 13.8 Å². The fourth-order valence-electron chi connectivity index (χ4n) is 2.78. The van der Waals surface area contributed by atoms with Crippen LogP contribution in [0.15, 0.2) is 0 Å². The van der Waals surface area contributed by atoms with Crippen molar-refractivity contribution in [3.63, 3.8) is 0 Å². The monoisotopic (exact) mass is 482 g/mol. The van der Waals surface area contributed by atoms with E-state index in [1.54, 1.807) is 0 Å². The third kappa shape index (κ3) is 65.2. The molecule has 0 spiro atoms. The van der Waals surface area contributed by atoms with Gasteiger partial charge in [0.2, 0.25) is 0 Å². The van der Waals surface area contributed by atoms with Gasteiger partial charge in [-0.3, -0.25) is 9.11 Å². The molecule has 9 heteroatoms. The summed E-state index contributed by atoms with van der Waals surface area (Å²) in [5, 5.41) is 15.2. The zero-order valence-electron chi connectivity index (χ0n) is 21.6. The van der Waals surface area contributed by atoms with Crippen molar-refractivity contribution in [2.75, 3.05) is 26.4 Å². The molecule has 0 bridgehead atoms. The van der Waals surface area contributed by atoms with Crippen molar-refractivity contribution < 1.29 is 63.5 Å². The first-order valence-corrected chi connectivity index (χ1v) is 13.2. The summed E-state index contributed by atoms with van der Waals surface area (Å²) in [7, 11) is -4.67. The van der Waals surface area contributed by atoms with E-state index in [1.807, 2.05) is 0 Å². The van der Waals surface area contributed by atoms with Crippen LogP contribution in [0, 0.1) is 0 Å². The molecule has 0 unspecified atom stereocenters. The molecule has 188 valence electrons. The smallest absolute Gasteiger partial charge is 1.00 e. The third-order valence-corrected chi connectivity index (χ3v) is 4.38. The van der Waals surface area contributed by atoms with Crippen LogP contribution < -0.4 is 29.6 Å². The van der Waals surface area contributed by atoms with E-state index in [-0.39, 0.29) is 44.2 Å². The molecule has 0 aliphatic carbocycles. The van der Waals surface area contributed by atoms with E-state index in [1.165, 1.54) is 103 Å². The molecule has 0 radical (unpaired) electrons. The molecule has 7 nitrogen and oxygen atoms in total. The molecule has 0 aliphatic rings. The van der Waals surface area contributed by atoms with Gasteiger partial charge in [-0.05, 0) is 12.8 Å². The van der Waals surface area contributed by atoms with Gasteiger partial charge in [0.15, 0.2) is 0 Å². The summed E-state index contributed by atoms with van der Waals surface area (Å²) in [5.41, 5.74) is 0. The second kappa shape index (κ2) is 35.3. The normalized spacial score (nSPS) is 10.4. The van der Waals surface area contributed by atoms with Crippen LogP contribution in [0.25, 0.3) is 0 Å². The molecule has 0 saturated carbocycles. The van der Waals surface area contributed by atoms with Crippen LogP contribution in [0.2, 0.25) is 0 Å². The summed E-state index contributed by atoms with van der Waals surface area (Å²) < 4.78 is 37.3. The van der Waals surface area contributed by atoms with Gasteiger partial charge in [0.25, 0.3) is 0 Å². The van der Waals surface area contributed by atoms with Crippen molar-refractivity contribution in [1.82, 2.24) is 0 Å². The first-order chi connectivity index (χ1) is 14.3. The van der Waals surface area contributed by atoms with E-state index >= 15 is 0 Å². The Labute approximate surface area is 216 Å². The van der Waals surface area contributed by atoms with Crippen LogP contribution in [0.5, 0.6) is 0 Å². The minimum absolute atomic E-state index is 0. The minimum Gasteiger partial charge on any atom is -1.00 e. The molecule has 0 saturated heterocycles. The van der Waals surface area contributed by atoms with Gasteiger partial charge in [0, 0.05) is 13.2 Å². The van der Waals surface area contributed by atoms with Crippen LogP contribution in [0.3, 0.4) is 0 Å². The molecule has 0 amide bonds. The largest absolute Gasteiger partial charge is 1.00 e. The number of hydrogen-bond acceptors (Lipinski definition) is 5. The van der Waals surface area contributed by atoms with Crippen LogP contribution in [0.1, 0.15) is 118 Å². The molecule has 31 heavy (non-hydrogen) atoms.